The second-order valence-electron chi connectivity index (χ2n) is 7.57. The van der Waals surface area contributed by atoms with Crippen molar-refractivity contribution in [1.82, 2.24) is 9.80 Å². The van der Waals surface area contributed by atoms with E-state index in [9.17, 15) is 13.2 Å². The van der Waals surface area contributed by atoms with Gasteiger partial charge in [-0.15, -0.1) is 0 Å². The fourth-order valence-corrected chi connectivity index (χ4v) is 5.40. The first-order chi connectivity index (χ1) is 12.3. The molecule has 5 nitrogen and oxygen atoms in total. The van der Waals surface area contributed by atoms with Gasteiger partial charge >= 0.3 is 0 Å². The highest BCUT2D eigenvalue weighted by Gasteiger charge is 2.34. The van der Waals surface area contributed by atoms with Crippen LogP contribution >= 0.6 is 0 Å². The van der Waals surface area contributed by atoms with Crippen molar-refractivity contribution in [1.29, 1.82) is 0 Å². The van der Waals surface area contributed by atoms with E-state index in [4.69, 9.17) is 0 Å². The van der Waals surface area contributed by atoms with E-state index >= 15 is 0 Å². The average Bonchev–Trinajstić information content (AvgIpc) is 3.00. The Balaban J connectivity index is 1.50. The molecule has 142 valence electrons. The highest BCUT2D eigenvalue weighted by Crippen LogP contribution is 2.19. The Morgan fingerprint density at radius 1 is 1.12 bits per heavy atom. The predicted molar refractivity (Wildman–Crippen MR) is 105 cm³/mol. The quantitative estimate of drug-likeness (QED) is 0.756. The molecule has 0 bridgehead atoms. The Morgan fingerprint density at radius 2 is 1.77 bits per heavy atom. The number of carbonyl (C=O) groups excluding carboxylic acids is 1. The van der Waals surface area contributed by atoms with Crippen LogP contribution in [0.5, 0.6) is 0 Å². The van der Waals surface area contributed by atoms with Gasteiger partial charge in [0.05, 0.1) is 11.5 Å². The van der Waals surface area contributed by atoms with E-state index in [2.05, 4.69) is 30.9 Å². The summed E-state index contributed by atoms with van der Waals surface area (Å²) in [4.78, 5) is 16.5. The monoisotopic (exact) mass is 376 g/mol. The summed E-state index contributed by atoms with van der Waals surface area (Å²) in [5, 5.41) is 0. The van der Waals surface area contributed by atoms with Crippen molar-refractivity contribution in [3.63, 3.8) is 0 Å². The molecule has 0 aromatic heterocycles. The summed E-state index contributed by atoms with van der Waals surface area (Å²) in [6, 6.07) is 8.41. The number of amides is 1. The zero-order valence-corrected chi connectivity index (χ0v) is 16.4. The van der Waals surface area contributed by atoms with Crippen LogP contribution < -0.4 is 0 Å². The van der Waals surface area contributed by atoms with Crippen LogP contribution in [0.25, 0.3) is 6.08 Å². The van der Waals surface area contributed by atoms with Gasteiger partial charge in [0.25, 0.3) is 0 Å². The minimum Gasteiger partial charge on any atom is -0.337 e. The lowest BCUT2D eigenvalue weighted by Gasteiger charge is -2.37. The van der Waals surface area contributed by atoms with Crippen LogP contribution in [0.3, 0.4) is 0 Å². The summed E-state index contributed by atoms with van der Waals surface area (Å²) < 4.78 is 23.3. The van der Waals surface area contributed by atoms with E-state index in [1.54, 1.807) is 6.08 Å². The Kier molecular flexibility index (Phi) is 5.82. The fraction of sp³-hybridized carbons (Fsp3) is 0.550. The molecule has 0 aliphatic carbocycles. The number of hydrogen-bond donors (Lipinski definition) is 0. The molecule has 6 heteroatoms. The van der Waals surface area contributed by atoms with Crippen LogP contribution in [0, 0.1) is 0 Å². The average molecular weight is 377 g/mol. The van der Waals surface area contributed by atoms with Gasteiger partial charge in [-0.1, -0.05) is 38.1 Å². The fourth-order valence-electron chi connectivity index (χ4n) is 3.64. The smallest absolute Gasteiger partial charge is 0.246 e. The molecule has 26 heavy (non-hydrogen) atoms. The molecule has 1 unspecified atom stereocenters. The maximum atomic E-state index is 12.4. The maximum absolute atomic E-state index is 12.4. The van der Waals surface area contributed by atoms with Crippen molar-refractivity contribution in [2.45, 2.75) is 32.2 Å². The van der Waals surface area contributed by atoms with E-state index in [1.165, 1.54) is 5.56 Å². The van der Waals surface area contributed by atoms with Crippen LogP contribution in [0.1, 0.15) is 37.3 Å². The molecule has 2 aliphatic heterocycles. The lowest BCUT2D eigenvalue weighted by molar-refractivity contribution is -0.127. The van der Waals surface area contributed by atoms with E-state index in [0.717, 1.165) is 25.1 Å². The van der Waals surface area contributed by atoms with Crippen LogP contribution in [0.4, 0.5) is 0 Å². The summed E-state index contributed by atoms with van der Waals surface area (Å²) in [6.45, 7) is 7.15. The van der Waals surface area contributed by atoms with Crippen molar-refractivity contribution < 1.29 is 13.2 Å². The summed E-state index contributed by atoms with van der Waals surface area (Å²) in [5.74, 6) is 1.10. The highest BCUT2D eigenvalue weighted by atomic mass is 32.2. The van der Waals surface area contributed by atoms with Gasteiger partial charge in [-0.25, -0.2) is 8.42 Å². The van der Waals surface area contributed by atoms with Crippen molar-refractivity contribution in [3.8, 4) is 0 Å². The molecule has 2 aliphatic rings. The van der Waals surface area contributed by atoms with Crippen molar-refractivity contribution in [2.24, 2.45) is 0 Å². The van der Waals surface area contributed by atoms with Gasteiger partial charge in [0.2, 0.25) is 5.91 Å². The number of nitrogens with zero attached hydrogens (tertiary/aromatic N) is 2. The molecular weight excluding hydrogens is 348 g/mol. The third-order valence-corrected chi connectivity index (χ3v) is 7.12. The molecule has 0 N–H and O–H groups in total. The topological polar surface area (TPSA) is 57.7 Å². The van der Waals surface area contributed by atoms with Gasteiger partial charge in [0.15, 0.2) is 9.84 Å². The van der Waals surface area contributed by atoms with Gasteiger partial charge in [-0.2, -0.15) is 0 Å². The SMILES string of the molecule is CC(C)c1ccc(/C=C/C(=O)N2CCN(C3CCS(=O)(=O)C3)CC2)cc1. The predicted octanol–water partition coefficient (Wildman–Crippen LogP) is 2.15. The van der Waals surface area contributed by atoms with E-state index in [-0.39, 0.29) is 17.7 Å². The molecular formula is C20H28N2O3S. The minimum atomic E-state index is -2.86. The Morgan fingerprint density at radius 3 is 2.31 bits per heavy atom. The number of piperazine rings is 1. The molecule has 2 fully saturated rings. The molecule has 1 amide bonds. The Bertz CT molecular complexity index is 761. The van der Waals surface area contributed by atoms with Gasteiger partial charge in [-0.3, -0.25) is 9.69 Å². The van der Waals surface area contributed by atoms with Crippen LogP contribution in [-0.2, 0) is 14.6 Å². The number of sulfone groups is 1. The molecule has 0 radical (unpaired) electrons. The summed E-state index contributed by atoms with van der Waals surface area (Å²) >= 11 is 0. The molecule has 2 heterocycles. The van der Waals surface area contributed by atoms with E-state index < -0.39 is 9.84 Å². The standard InChI is InChI=1S/C20H28N2O3S/c1-16(2)18-6-3-17(4-7-18)5-8-20(23)22-12-10-21(11-13-22)19-9-14-26(24,25)15-19/h3-8,16,19H,9-15H2,1-2H3/b8-5+. The third-order valence-electron chi connectivity index (χ3n) is 5.37. The molecule has 0 spiro atoms. The number of hydrogen-bond acceptors (Lipinski definition) is 4. The summed E-state index contributed by atoms with van der Waals surface area (Å²) in [5.41, 5.74) is 2.32. The van der Waals surface area contributed by atoms with Gasteiger partial charge in [0, 0.05) is 38.3 Å². The molecule has 3 rings (SSSR count). The summed E-state index contributed by atoms with van der Waals surface area (Å²) in [6.07, 6.45) is 4.23. The third kappa shape index (κ3) is 4.74. The highest BCUT2D eigenvalue weighted by molar-refractivity contribution is 7.91. The first-order valence-electron chi connectivity index (χ1n) is 9.35. The summed E-state index contributed by atoms with van der Waals surface area (Å²) in [7, 11) is -2.86. The Hall–Kier alpha value is -1.66. The van der Waals surface area contributed by atoms with E-state index in [1.807, 2.05) is 23.1 Å². The minimum absolute atomic E-state index is 0.0247. The molecule has 2 saturated heterocycles. The molecule has 1 aromatic carbocycles. The van der Waals surface area contributed by atoms with Gasteiger partial charge in [-0.05, 0) is 29.5 Å². The molecule has 1 atom stereocenters. The zero-order chi connectivity index (χ0) is 18.7. The van der Waals surface area contributed by atoms with Crippen molar-refractivity contribution in [2.75, 3.05) is 37.7 Å². The van der Waals surface area contributed by atoms with Crippen LogP contribution in [0.15, 0.2) is 30.3 Å². The molecule has 0 saturated carbocycles. The van der Waals surface area contributed by atoms with Gasteiger partial charge in [0.1, 0.15) is 0 Å². The first kappa shape index (κ1) is 19.1. The number of benzene rings is 1. The Labute approximate surface area is 156 Å². The largest absolute Gasteiger partial charge is 0.337 e. The second-order valence-corrected chi connectivity index (χ2v) is 9.80. The van der Waals surface area contributed by atoms with Gasteiger partial charge < -0.3 is 4.90 Å². The number of carbonyl (C=O) groups is 1. The van der Waals surface area contributed by atoms with Crippen LogP contribution in [-0.4, -0.2) is 67.9 Å². The van der Waals surface area contributed by atoms with E-state index in [0.29, 0.717) is 24.8 Å². The van der Waals surface area contributed by atoms with Crippen molar-refractivity contribution >= 4 is 21.8 Å². The zero-order valence-electron chi connectivity index (χ0n) is 15.6. The molecule has 1 aromatic rings. The number of rotatable bonds is 4. The lowest BCUT2D eigenvalue weighted by Crippen LogP contribution is -2.52. The van der Waals surface area contributed by atoms with Crippen LogP contribution in [0.2, 0.25) is 0 Å². The second kappa shape index (κ2) is 7.92. The normalized spacial score (nSPS) is 23.8. The first-order valence-corrected chi connectivity index (χ1v) is 11.2. The van der Waals surface area contributed by atoms with Crippen molar-refractivity contribution in [3.05, 3.63) is 41.5 Å². The lowest BCUT2D eigenvalue weighted by atomic mass is 10.0. The maximum Gasteiger partial charge on any atom is 0.246 e.